The molecule has 4 N–H and O–H groups in total. The molecule has 16 heavy (non-hydrogen) atoms. The third-order valence-corrected chi connectivity index (χ3v) is 2.11. The molecule has 2 heterocycles. The van der Waals surface area contributed by atoms with Crippen LogP contribution in [0.2, 0.25) is 0 Å². The standard InChI is InChI=1S/C11H12N4O/c12-8-5-10(14-6-8)11(16)15-7-9-3-1-2-4-13-9/h1-6,14H,7,12H2,(H,15,16). The van der Waals surface area contributed by atoms with Crippen molar-refractivity contribution in [2.45, 2.75) is 6.54 Å². The quantitative estimate of drug-likeness (QED) is 0.713. The van der Waals surface area contributed by atoms with Crippen molar-refractivity contribution in [3.05, 3.63) is 48.0 Å². The SMILES string of the molecule is Nc1c[nH]c(C(=O)NCc2ccccn2)c1. The molecule has 2 aromatic heterocycles. The second kappa shape index (κ2) is 4.48. The van der Waals surface area contributed by atoms with E-state index in [4.69, 9.17) is 5.73 Å². The third kappa shape index (κ3) is 2.38. The normalized spacial score (nSPS) is 10.0. The molecule has 0 radical (unpaired) electrons. The first-order valence-electron chi connectivity index (χ1n) is 4.88. The number of pyridine rings is 1. The van der Waals surface area contributed by atoms with E-state index in [0.29, 0.717) is 17.9 Å². The number of carbonyl (C=O) groups is 1. The second-order valence-electron chi connectivity index (χ2n) is 3.35. The van der Waals surface area contributed by atoms with Crippen LogP contribution in [0.1, 0.15) is 16.2 Å². The molecule has 0 aliphatic rings. The molecule has 2 aromatic rings. The summed E-state index contributed by atoms with van der Waals surface area (Å²) < 4.78 is 0. The van der Waals surface area contributed by atoms with E-state index < -0.39 is 0 Å². The van der Waals surface area contributed by atoms with Crippen molar-refractivity contribution in [3.63, 3.8) is 0 Å². The van der Waals surface area contributed by atoms with E-state index >= 15 is 0 Å². The Hall–Kier alpha value is -2.30. The summed E-state index contributed by atoms with van der Waals surface area (Å²) in [7, 11) is 0. The van der Waals surface area contributed by atoms with E-state index in [1.54, 1.807) is 18.5 Å². The van der Waals surface area contributed by atoms with Gasteiger partial charge in [0.05, 0.1) is 12.2 Å². The molecule has 0 aromatic carbocycles. The predicted molar refractivity (Wildman–Crippen MR) is 60.6 cm³/mol. The van der Waals surface area contributed by atoms with Gasteiger partial charge >= 0.3 is 0 Å². The van der Waals surface area contributed by atoms with Crippen LogP contribution in [0.4, 0.5) is 5.69 Å². The Morgan fingerprint density at radius 3 is 3.00 bits per heavy atom. The van der Waals surface area contributed by atoms with Gasteiger partial charge in [-0.2, -0.15) is 0 Å². The van der Waals surface area contributed by atoms with E-state index in [1.165, 1.54) is 0 Å². The zero-order chi connectivity index (χ0) is 11.4. The molecule has 5 heteroatoms. The number of anilines is 1. The molecule has 0 bridgehead atoms. The van der Waals surface area contributed by atoms with Gasteiger partial charge in [0.25, 0.3) is 5.91 Å². The van der Waals surface area contributed by atoms with Crippen molar-refractivity contribution in [2.75, 3.05) is 5.73 Å². The van der Waals surface area contributed by atoms with Gasteiger partial charge in [-0.15, -0.1) is 0 Å². The van der Waals surface area contributed by atoms with Crippen molar-refractivity contribution in [2.24, 2.45) is 0 Å². The zero-order valence-electron chi connectivity index (χ0n) is 8.60. The second-order valence-corrected chi connectivity index (χ2v) is 3.35. The molecule has 0 spiro atoms. The summed E-state index contributed by atoms with van der Waals surface area (Å²) in [4.78, 5) is 18.5. The van der Waals surface area contributed by atoms with Crippen LogP contribution in [0.15, 0.2) is 36.7 Å². The average Bonchev–Trinajstić information content (AvgIpc) is 2.74. The highest BCUT2D eigenvalue weighted by atomic mass is 16.1. The predicted octanol–water partition coefficient (Wildman–Crippen LogP) is 0.922. The fourth-order valence-corrected chi connectivity index (χ4v) is 1.31. The summed E-state index contributed by atoms with van der Waals surface area (Å²) in [6.07, 6.45) is 3.27. The lowest BCUT2D eigenvalue weighted by Gasteiger charge is -2.02. The minimum atomic E-state index is -0.192. The maximum absolute atomic E-state index is 11.6. The highest BCUT2D eigenvalue weighted by Gasteiger charge is 2.06. The third-order valence-electron chi connectivity index (χ3n) is 2.11. The average molecular weight is 216 g/mol. The summed E-state index contributed by atoms with van der Waals surface area (Å²) in [6.45, 7) is 0.401. The van der Waals surface area contributed by atoms with Crippen molar-refractivity contribution in [1.29, 1.82) is 0 Å². The molecule has 0 unspecified atom stereocenters. The zero-order valence-corrected chi connectivity index (χ0v) is 8.60. The molecule has 0 aliphatic heterocycles. The molecular formula is C11H12N4O. The van der Waals surface area contributed by atoms with E-state index in [2.05, 4.69) is 15.3 Å². The Balaban J connectivity index is 1.94. The Kier molecular flexibility index (Phi) is 2.86. The summed E-state index contributed by atoms with van der Waals surface area (Å²) in [6, 6.07) is 7.15. The number of carbonyl (C=O) groups excluding carboxylic acids is 1. The Labute approximate surface area is 92.7 Å². The number of nitrogen functional groups attached to an aromatic ring is 1. The highest BCUT2D eigenvalue weighted by Crippen LogP contribution is 2.04. The summed E-state index contributed by atoms with van der Waals surface area (Å²) >= 11 is 0. The number of nitrogens with zero attached hydrogens (tertiary/aromatic N) is 1. The molecular weight excluding hydrogens is 204 g/mol. The van der Waals surface area contributed by atoms with Crippen molar-refractivity contribution < 1.29 is 4.79 Å². The van der Waals surface area contributed by atoms with E-state index in [1.807, 2.05) is 18.2 Å². The number of rotatable bonds is 3. The Bertz CT molecular complexity index is 478. The van der Waals surface area contributed by atoms with Crippen LogP contribution in [-0.4, -0.2) is 15.9 Å². The molecule has 0 saturated heterocycles. The molecule has 2 rings (SSSR count). The monoisotopic (exact) mass is 216 g/mol. The van der Waals surface area contributed by atoms with Crippen LogP contribution in [0.25, 0.3) is 0 Å². The van der Waals surface area contributed by atoms with Gasteiger partial charge in [0.15, 0.2) is 0 Å². The number of hydrogen-bond acceptors (Lipinski definition) is 3. The lowest BCUT2D eigenvalue weighted by Crippen LogP contribution is -2.23. The van der Waals surface area contributed by atoms with Crippen LogP contribution in [0.5, 0.6) is 0 Å². The number of nitrogens with two attached hydrogens (primary N) is 1. The van der Waals surface area contributed by atoms with Crippen molar-refractivity contribution in [3.8, 4) is 0 Å². The number of amides is 1. The molecule has 82 valence electrons. The number of hydrogen-bond donors (Lipinski definition) is 3. The highest BCUT2D eigenvalue weighted by molar-refractivity contribution is 5.93. The molecule has 0 saturated carbocycles. The summed E-state index contributed by atoms with van der Waals surface area (Å²) in [5.74, 6) is -0.192. The topological polar surface area (TPSA) is 83.8 Å². The van der Waals surface area contributed by atoms with E-state index in [-0.39, 0.29) is 5.91 Å². The molecule has 0 atom stereocenters. The first-order chi connectivity index (χ1) is 7.75. The number of H-pyrrole nitrogens is 1. The van der Waals surface area contributed by atoms with E-state index in [9.17, 15) is 4.79 Å². The van der Waals surface area contributed by atoms with Gasteiger partial charge in [-0.1, -0.05) is 6.07 Å². The minimum Gasteiger partial charge on any atom is -0.397 e. The van der Waals surface area contributed by atoms with Crippen LogP contribution >= 0.6 is 0 Å². The minimum absolute atomic E-state index is 0.192. The lowest BCUT2D eigenvalue weighted by molar-refractivity contribution is 0.0946. The van der Waals surface area contributed by atoms with E-state index in [0.717, 1.165) is 5.69 Å². The molecule has 0 aliphatic carbocycles. The number of nitrogens with one attached hydrogen (secondary N) is 2. The number of aromatic amines is 1. The van der Waals surface area contributed by atoms with Crippen LogP contribution in [-0.2, 0) is 6.54 Å². The van der Waals surface area contributed by atoms with Crippen LogP contribution < -0.4 is 11.1 Å². The van der Waals surface area contributed by atoms with Crippen molar-refractivity contribution >= 4 is 11.6 Å². The maximum atomic E-state index is 11.6. The molecule has 5 nitrogen and oxygen atoms in total. The Morgan fingerprint density at radius 2 is 2.38 bits per heavy atom. The van der Waals surface area contributed by atoms with Gasteiger partial charge in [0.1, 0.15) is 5.69 Å². The lowest BCUT2D eigenvalue weighted by atomic mass is 10.3. The summed E-state index contributed by atoms with van der Waals surface area (Å²) in [5.41, 5.74) is 7.31. The first-order valence-corrected chi connectivity index (χ1v) is 4.88. The van der Waals surface area contributed by atoms with Crippen LogP contribution in [0, 0.1) is 0 Å². The molecule has 1 amide bonds. The van der Waals surface area contributed by atoms with Crippen molar-refractivity contribution in [1.82, 2.24) is 15.3 Å². The largest absolute Gasteiger partial charge is 0.397 e. The van der Waals surface area contributed by atoms with Gasteiger partial charge in [0, 0.05) is 18.1 Å². The fraction of sp³-hybridized carbons (Fsp3) is 0.0909. The fourth-order valence-electron chi connectivity index (χ4n) is 1.31. The Morgan fingerprint density at radius 1 is 1.50 bits per heavy atom. The van der Waals surface area contributed by atoms with Gasteiger partial charge in [-0.25, -0.2) is 0 Å². The van der Waals surface area contributed by atoms with Gasteiger partial charge in [-0.3, -0.25) is 9.78 Å². The van der Waals surface area contributed by atoms with Gasteiger partial charge in [-0.05, 0) is 18.2 Å². The maximum Gasteiger partial charge on any atom is 0.268 e. The van der Waals surface area contributed by atoms with Gasteiger partial charge < -0.3 is 16.0 Å². The first kappa shape index (κ1) is 10.2. The summed E-state index contributed by atoms with van der Waals surface area (Å²) in [5, 5.41) is 2.74. The van der Waals surface area contributed by atoms with Crippen LogP contribution in [0.3, 0.4) is 0 Å². The number of aromatic nitrogens is 2. The van der Waals surface area contributed by atoms with Gasteiger partial charge in [0.2, 0.25) is 0 Å². The molecule has 0 fully saturated rings. The smallest absolute Gasteiger partial charge is 0.268 e.